The van der Waals surface area contributed by atoms with E-state index in [0.29, 0.717) is 52.5 Å². The number of carbonyl (C=O) groups is 1. The molecular formula is C11H22N4O4S. The molecule has 0 aromatic carbocycles. The lowest BCUT2D eigenvalue weighted by Gasteiger charge is -2.38. The van der Waals surface area contributed by atoms with Crippen LogP contribution in [0.2, 0.25) is 0 Å². The molecule has 2 fully saturated rings. The van der Waals surface area contributed by atoms with E-state index >= 15 is 0 Å². The Kier molecular flexibility index (Phi) is 4.97. The highest BCUT2D eigenvalue weighted by Gasteiger charge is 2.34. The van der Waals surface area contributed by atoms with Gasteiger partial charge in [-0.15, -0.1) is 0 Å². The SMILES string of the molecule is C[C@H](N)C(=O)N1CCN(S(=O)(=O)N2CCOCC2)CC1. The Hall–Kier alpha value is -0.740. The molecule has 0 aromatic rings. The van der Waals surface area contributed by atoms with Crippen molar-refractivity contribution in [1.82, 2.24) is 13.5 Å². The van der Waals surface area contributed by atoms with Crippen LogP contribution in [-0.4, -0.2) is 86.4 Å². The molecule has 2 rings (SSSR count). The molecular weight excluding hydrogens is 284 g/mol. The molecule has 2 saturated heterocycles. The molecule has 116 valence electrons. The van der Waals surface area contributed by atoms with E-state index in [2.05, 4.69) is 0 Å². The predicted octanol–water partition coefficient (Wildman–Crippen LogP) is -1.95. The Balaban J connectivity index is 1.94. The minimum Gasteiger partial charge on any atom is -0.379 e. The Labute approximate surface area is 119 Å². The zero-order valence-electron chi connectivity index (χ0n) is 11.7. The Morgan fingerprint density at radius 1 is 1.05 bits per heavy atom. The first kappa shape index (κ1) is 15.6. The van der Waals surface area contributed by atoms with Gasteiger partial charge in [0.1, 0.15) is 0 Å². The summed E-state index contributed by atoms with van der Waals surface area (Å²) in [5, 5.41) is 0. The van der Waals surface area contributed by atoms with Crippen molar-refractivity contribution in [3.63, 3.8) is 0 Å². The number of amides is 1. The molecule has 9 heteroatoms. The van der Waals surface area contributed by atoms with Gasteiger partial charge in [0.05, 0.1) is 19.3 Å². The van der Waals surface area contributed by atoms with E-state index in [4.69, 9.17) is 10.5 Å². The third-order valence-corrected chi connectivity index (χ3v) is 5.60. The van der Waals surface area contributed by atoms with Gasteiger partial charge >= 0.3 is 0 Å². The highest BCUT2D eigenvalue weighted by molar-refractivity contribution is 7.86. The summed E-state index contributed by atoms with van der Waals surface area (Å²) < 4.78 is 32.9. The molecule has 1 amide bonds. The largest absolute Gasteiger partial charge is 0.379 e. The Morgan fingerprint density at radius 2 is 1.55 bits per heavy atom. The average Bonchev–Trinajstić information content (AvgIpc) is 2.47. The number of ether oxygens (including phenoxy) is 1. The number of hydrogen-bond donors (Lipinski definition) is 1. The topological polar surface area (TPSA) is 96.2 Å². The third-order valence-electron chi connectivity index (χ3n) is 3.56. The van der Waals surface area contributed by atoms with Crippen LogP contribution >= 0.6 is 0 Å². The summed E-state index contributed by atoms with van der Waals surface area (Å²) in [6.45, 7) is 4.71. The average molecular weight is 306 g/mol. The molecule has 2 aliphatic rings. The maximum absolute atomic E-state index is 12.4. The van der Waals surface area contributed by atoms with Gasteiger partial charge in [-0.3, -0.25) is 4.79 Å². The second kappa shape index (κ2) is 6.35. The highest BCUT2D eigenvalue weighted by atomic mass is 32.2. The Morgan fingerprint density at radius 3 is 2.05 bits per heavy atom. The predicted molar refractivity (Wildman–Crippen MR) is 73.1 cm³/mol. The van der Waals surface area contributed by atoms with E-state index in [9.17, 15) is 13.2 Å². The molecule has 0 spiro atoms. The van der Waals surface area contributed by atoms with Gasteiger partial charge in [-0.25, -0.2) is 0 Å². The minimum absolute atomic E-state index is 0.131. The summed E-state index contributed by atoms with van der Waals surface area (Å²) in [4.78, 5) is 13.4. The number of carbonyl (C=O) groups excluding carboxylic acids is 1. The molecule has 8 nitrogen and oxygen atoms in total. The van der Waals surface area contributed by atoms with E-state index in [1.165, 1.54) is 8.61 Å². The zero-order chi connectivity index (χ0) is 14.8. The lowest BCUT2D eigenvalue weighted by molar-refractivity contribution is -0.133. The Bertz CT molecular complexity index is 439. The zero-order valence-corrected chi connectivity index (χ0v) is 12.5. The molecule has 0 bridgehead atoms. The molecule has 2 N–H and O–H groups in total. The van der Waals surface area contributed by atoms with Crippen LogP contribution in [0.4, 0.5) is 0 Å². The van der Waals surface area contributed by atoms with E-state index in [-0.39, 0.29) is 5.91 Å². The monoisotopic (exact) mass is 306 g/mol. The fourth-order valence-corrected chi connectivity index (χ4v) is 3.93. The van der Waals surface area contributed by atoms with Gasteiger partial charge < -0.3 is 15.4 Å². The first-order valence-electron chi connectivity index (χ1n) is 6.80. The molecule has 0 unspecified atom stereocenters. The van der Waals surface area contributed by atoms with Crippen LogP contribution < -0.4 is 5.73 Å². The second-order valence-corrected chi connectivity index (χ2v) is 6.96. The lowest BCUT2D eigenvalue weighted by Crippen LogP contribution is -2.57. The molecule has 20 heavy (non-hydrogen) atoms. The summed E-state index contributed by atoms with van der Waals surface area (Å²) in [6.07, 6.45) is 0. The van der Waals surface area contributed by atoms with E-state index in [1.54, 1.807) is 11.8 Å². The van der Waals surface area contributed by atoms with Gasteiger partial charge in [-0.2, -0.15) is 17.0 Å². The van der Waals surface area contributed by atoms with Crippen molar-refractivity contribution in [3.05, 3.63) is 0 Å². The van der Waals surface area contributed by atoms with Crippen LogP contribution in [0.5, 0.6) is 0 Å². The standard InChI is InChI=1S/C11H22N4O4S/c1-10(12)11(16)13-2-4-14(5-3-13)20(17,18)15-6-8-19-9-7-15/h10H,2-9,12H2,1H3/t10-/m0/s1. The van der Waals surface area contributed by atoms with Crippen LogP contribution in [0.15, 0.2) is 0 Å². The molecule has 1 atom stereocenters. The maximum atomic E-state index is 12.4. The first-order chi connectivity index (χ1) is 9.43. The lowest BCUT2D eigenvalue weighted by atomic mass is 10.2. The molecule has 0 saturated carbocycles. The van der Waals surface area contributed by atoms with Crippen molar-refractivity contribution in [1.29, 1.82) is 0 Å². The molecule has 0 aliphatic carbocycles. The van der Waals surface area contributed by atoms with Crippen molar-refractivity contribution in [2.45, 2.75) is 13.0 Å². The van der Waals surface area contributed by atoms with Gasteiger partial charge in [0.2, 0.25) is 5.91 Å². The fraction of sp³-hybridized carbons (Fsp3) is 0.909. The summed E-state index contributed by atoms with van der Waals surface area (Å²) in [5.74, 6) is -0.131. The number of nitrogens with zero attached hydrogens (tertiary/aromatic N) is 3. The molecule has 2 heterocycles. The quantitative estimate of drug-likeness (QED) is 0.654. The number of rotatable bonds is 3. The minimum atomic E-state index is -3.44. The molecule has 0 aromatic heterocycles. The number of piperazine rings is 1. The van der Waals surface area contributed by atoms with Gasteiger partial charge in [0, 0.05) is 39.3 Å². The van der Waals surface area contributed by atoms with Crippen molar-refractivity contribution < 1.29 is 17.9 Å². The van der Waals surface area contributed by atoms with Gasteiger partial charge in [-0.1, -0.05) is 0 Å². The summed E-state index contributed by atoms with van der Waals surface area (Å²) in [5.41, 5.74) is 5.56. The van der Waals surface area contributed by atoms with Crippen molar-refractivity contribution >= 4 is 16.1 Å². The van der Waals surface area contributed by atoms with E-state index in [0.717, 1.165) is 0 Å². The van der Waals surface area contributed by atoms with Gasteiger partial charge in [0.15, 0.2) is 0 Å². The van der Waals surface area contributed by atoms with E-state index < -0.39 is 16.3 Å². The number of hydrogen-bond acceptors (Lipinski definition) is 5. The summed E-state index contributed by atoms with van der Waals surface area (Å²) >= 11 is 0. The number of morpholine rings is 1. The van der Waals surface area contributed by atoms with Crippen LogP contribution in [-0.2, 0) is 19.7 Å². The smallest absolute Gasteiger partial charge is 0.282 e. The molecule has 2 aliphatic heterocycles. The van der Waals surface area contributed by atoms with Crippen molar-refractivity contribution in [2.24, 2.45) is 5.73 Å². The van der Waals surface area contributed by atoms with Crippen LogP contribution in [0.3, 0.4) is 0 Å². The van der Waals surface area contributed by atoms with Crippen molar-refractivity contribution in [3.8, 4) is 0 Å². The summed E-state index contributed by atoms with van der Waals surface area (Å²) in [7, 11) is -3.44. The first-order valence-corrected chi connectivity index (χ1v) is 8.20. The van der Waals surface area contributed by atoms with Crippen molar-refractivity contribution in [2.75, 3.05) is 52.5 Å². The third kappa shape index (κ3) is 3.29. The highest BCUT2D eigenvalue weighted by Crippen LogP contribution is 2.14. The number of nitrogens with two attached hydrogens (primary N) is 1. The van der Waals surface area contributed by atoms with Crippen LogP contribution in [0, 0.1) is 0 Å². The molecule has 0 radical (unpaired) electrons. The second-order valence-electron chi connectivity index (χ2n) is 5.03. The fourth-order valence-electron chi connectivity index (χ4n) is 2.37. The van der Waals surface area contributed by atoms with Crippen LogP contribution in [0.25, 0.3) is 0 Å². The van der Waals surface area contributed by atoms with E-state index in [1.807, 2.05) is 0 Å². The van der Waals surface area contributed by atoms with Crippen LogP contribution in [0.1, 0.15) is 6.92 Å². The normalized spacial score (nSPS) is 24.6. The maximum Gasteiger partial charge on any atom is 0.282 e. The summed E-state index contributed by atoms with van der Waals surface area (Å²) in [6, 6.07) is -0.544. The van der Waals surface area contributed by atoms with Gasteiger partial charge in [-0.05, 0) is 6.92 Å². The van der Waals surface area contributed by atoms with Gasteiger partial charge in [0.25, 0.3) is 10.2 Å².